The van der Waals surface area contributed by atoms with Gasteiger partial charge in [-0.15, -0.1) is 0 Å². The number of anilines is 1. The van der Waals surface area contributed by atoms with Gasteiger partial charge in [-0.1, -0.05) is 24.6 Å². The molecule has 0 unspecified atom stereocenters. The summed E-state index contributed by atoms with van der Waals surface area (Å²) in [6.07, 6.45) is 4.93. The molecule has 0 radical (unpaired) electrons. The monoisotopic (exact) mass is 457 g/mol. The highest BCUT2D eigenvalue weighted by atomic mass is 32.2. The second kappa shape index (κ2) is 9.92. The molecule has 2 aliphatic rings. The normalized spacial score (nSPS) is 17.3. The van der Waals surface area contributed by atoms with Crippen molar-refractivity contribution >= 4 is 21.6 Å². The fraction of sp³-hybridized carbons (Fsp3) is 0.458. The summed E-state index contributed by atoms with van der Waals surface area (Å²) in [7, 11) is -2.02. The summed E-state index contributed by atoms with van der Waals surface area (Å²) in [5, 5.41) is 2.96. The number of carbonyl (C=O) groups excluding carboxylic acids is 1. The third kappa shape index (κ3) is 4.76. The van der Waals surface area contributed by atoms with Crippen LogP contribution < -0.4 is 15.0 Å². The van der Waals surface area contributed by atoms with Crippen LogP contribution in [0.3, 0.4) is 0 Å². The van der Waals surface area contributed by atoms with E-state index in [1.54, 1.807) is 25.3 Å². The molecule has 0 aromatic heterocycles. The van der Waals surface area contributed by atoms with E-state index in [0.717, 1.165) is 56.4 Å². The van der Waals surface area contributed by atoms with Crippen molar-refractivity contribution in [1.29, 1.82) is 0 Å². The summed E-state index contributed by atoms with van der Waals surface area (Å²) in [6.45, 7) is 3.10. The lowest BCUT2D eigenvalue weighted by Crippen LogP contribution is -2.36. The molecule has 0 atom stereocenters. The number of hydrogen-bond acceptors (Lipinski definition) is 5. The third-order valence-electron chi connectivity index (χ3n) is 6.24. The number of sulfonamides is 1. The largest absolute Gasteiger partial charge is 0.496 e. The van der Waals surface area contributed by atoms with Gasteiger partial charge in [0.2, 0.25) is 10.0 Å². The number of rotatable bonds is 7. The fourth-order valence-electron chi connectivity index (χ4n) is 4.47. The Morgan fingerprint density at radius 1 is 0.969 bits per heavy atom. The van der Waals surface area contributed by atoms with Gasteiger partial charge in [0, 0.05) is 44.0 Å². The van der Waals surface area contributed by atoms with Gasteiger partial charge in [-0.25, -0.2) is 8.42 Å². The Bertz CT molecular complexity index is 1060. The molecule has 0 bridgehead atoms. The second-order valence-corrected chi connectivity index (χ2v) is 10.3. The van der Waals surface area contributed by atoms with Gasteiger partial charge in [0.25, 0.3) is 5.91 Å². The van der Waals surface area contributed by atoms with E-state index < -0.39 is 10.0 Å². The molecule has 2 aromatic rings. The van der Waals surface area contributed by atoms with Crippen molar-refractivity contribution in [2.24, 2.45) is 0 Å². The molecule has 172 valence electrons. The van der Waals surface area contributed by atoms with Crippen LogP contribution in [0.4, 0.5) is 5.69 Å². The summed E-state index contributed by atoms with van der Waals surface area (Å²) in [5.74, 6) is 0.419. The average molecular weight is 458 g/mol. The maximum Gasteiger partial charge on any atom is 0.253 e. The zero-order valence-electron chi connectivity index (χ0n) is 18.5. The fourth-order valence-corrected chi connectivity index (χ4v) is 6.01. The molecule has 0 aliphatic carbocycles. The molecular formula is C24H31N3O4S. The lowest BCUT2D eigenvalue weighted by Gasteiger charge is -2.27. The average Bonchev–Trinajstić information content (AvgIpc) is 3.37. The molecule has 2 heterocycles. The standard InChI is InChI=1S/C24H31N3O4S/c1-31-23-10-4-3-9-19(23)18-25-24(28)21-17-20(11-12-22(21)26-13-7-8-14-26)32(29,30)27-15-5-2-6-16-27/h3-4,9-12,17H,2,5-8,13-16,18H2,1H3,(H,25,28). The number of methoxy groups -OCH3 is 1. The molecule has 2 saturated heterocycles. The van der Waals surface area contributed by atoms with Gasteiger partial charge in [0.05, 0.1) is 17.6 Å². The molecule has 2 aromatic carbocycles. The number of nitrogens with zero attached hydrogens (tertiary/aromatic N) is 2. The molecular weight excluding hydrogens is 426 g/mol. The number of benzene rings is 2. The Morgan fingerprint density at radius 3 is 2.38 bits per heavy atom. The molecule has 4 rings (SSSR count). The smallest absolute Gasteiger partial charge is 0.253 e. The Morgan fingerprint density at radius 2 is 1.66 bits per heavy atom. The molecule has 7 nitrogen and oxygen atoms in total. The van der Waals surface area contributed by atoms with Crippen LogP contribution in [0.15, 0.2) is 47.4 Å². The van der Waals surface area contributed by atoms with Crippen LogP contribution in [0.2, 0.25) is 0 Å². The lowest BCUT2D eigenvalue weighted by atomic mass is 10.1. The van der Waals surface area contributed by atoms with Crippen LogP contribution in [0.1, 0.15) is 48.0 Å². The highest BCUT2D eigenvalue weighted by Gasteiger charge is 2.28. The first kappa shape index (κ1) is 22.6. The van der Waals surface area contributed by atoms with Crippen molar-refractivity contribution in [3.8, 4) is 5.75 Å². The van der Waals surface area contributed by atoms with Crippen molar-refractivity contribution in [2.75, 3.05) is 38.2 Å². The minimum Gasteiger partial charge on any atom is -0.496 e. The van der Waals surface area contributed by atoms with E-state index >= 15 is 0 Å². The van der Waals surface area contributed by atoms with Crippen molar-refractivity contribution < 1.29 is 17.9 Å². The topological polar surface area (TPSA) is 78.9 Å². The van der Waals surface area contributed by atoms with Crippen LogP contribution >= 0.6 is 0 Å². The number of para-hydroxylation sites is 1. The number of carbonyl (C=O) groups is 1. The molecule has 0 saturated carbocycles. The molecule has 2 aliphatic heterocycles. The van der Waals surface area contributed by atoms with Gasteiger partial charge in [-0.3, -0.25) is 4.79 Å². The number of piperidine rings is 1. The minimum absolute atomic E-state index is 0.185. The lowest BCUT2D eigenvalue weighted by molar-refractivity contribution is 0.0951. The third-order valence-corrected chi connectivity index (χ3v) is 8.14. The van der Waals surface area contributed by atoms with Gasteiger partial charge in [0.1, 0.15) is 5.75 Å². The first-order valence-corrected chi connectivity index (χ1v) is 12.7. The van der Waals surface area contributed by atoms with Gasteiger partial charge in [-0.05, 0) is 49.9 Å². The van der Waals surface area contributed by atoms with Crippen LogP contribution in [-0.2, 0) is 16.6 Å². The van der Waals surface area contributed by atoms with E-state index in [0.29, 0.717) is 30.9 Å². The van der Waals surface area contributed by atoms with E-state index in [1.807, 2.05) is 24.3 Å². The van der Waals surface area contributed by atoms with Gasteiger partial charge in [-0.2, -0.15) is 4.31 Å². The highest BCUT2D eigenvalue weighted by molar-refractivity contribution is 7.89. The summed E-state index contributed by atoms with van der Waals surface area (Å²) in [6, 6.07) is 12.5. The van der Waals surface area contributed by atoms with Crippen LogP contribution in [0.5, 0.6) is 5.75 Å². The molecule has 8 heteroatoms. The van der Waals surface area contributed by atoms with E-state index in [9.17, 15) is 13.2 Å². The number of hydrogen-bond donors (Lipinski definition) is 1. The molecule has 0 spiro atoms. The van der Waals surface area contributed by atoms with Crippen LogP contribution in [0, 0.1) is 0 Å². The van der Waals surface area contributed by atoms with Gasteiger partial charge in [0.15, 0.2) is 0 Å². The SMILES string of the molecule is COc1ccccc1CNC(=O)c1cc(S(=O)(=O)N2CCCCC2)ccc1N1CCCC1. The Labute approximate surface area is 190 Å². The molecule has 2 fully saturated rings. The Balaban J connectivity index is 1.63. The van der Waals surface area contributed by atoms with Crippen molar-refractivity contribution in [2.45, 2.75) is 43.5 Å². The summed E-state index contributed by atoms with van der Waals surface area (Å²) in [5.41, 5.74) is 2.06. The molecule has 1 N–H and O–H groups in total. The van der Waals surface area contributed by atoms with E-state index in [-0.39, 0.29) is 10.8 Å². The molecule has 1 amide bonds. The summed E-state index contributed by atoms with van der Waals surface area (Å²) < 4.78 is 33.4. The quantitative estimate of drug-likeness (QED) is 0.689. The first-order valence-electron chi connectivity index (χ1n) is 11.3. The van der Waals surface area contributed by atoms with Gasteiger partial charge >= 0.3 is 0 Å². The Kier molecular flexibility index (Phi) is 7.01. The van der Waals surface area contributed by atoms with E-state index in [2.05, 4.69) is 10.2 Å². The first-order chi connectivity index (χ1) is 15.5. The predicted molar refractivity (Wildman–Crippen MR) is 125 cm³/mol. The van der Waals surface area contributed by atoms with Gasteiger partial charge < -0.3 is 15.0 Å². The Hall–Kier alpha value is -2.58. The zero-order chi connectivity index (χ0) is 22.6. The van der Waals surface area contributed by atoms with Crippen LogP contribution in [0.25, 0.3) is 0 Å². The van der Waals surface area contributed by atoms with E-state index in [1.165, 1.54) is 4.31 Å². The maximum absolute atomic E-state index is 13.3. The van der Waals surface area contributed by atoms with Crippen molar-refractivity contribution in [1.82, 2.24) is 9.62 Å². The van der Waals surface area contributed by atoms with Crippen molar-refractivity contribution in [3.63, 3.8) is 0 Å². The highest BCUT2D eigenvalue weighted by Crippen LogP contribution is 2.29. The number of nitrogens with one attached hydrogen (secondary N) is 1. The number of amides is 1. The minimum atomic E-state index is -3.62. The predicted octanol–water partition coefficient (Wildman–Crippen LogP) is 3.40. The summed E-state index contributed by atoms with van der Waals surface area (Å²) >= 11 is 0. The second-order valence-electron chi connectivity index (χ2n) is 8.33. The summed E-state index contributed by atoms with van der Waals surface area (Å²) in [4.78, 5) is 15.6. The number of ether oxygens (including phenoxy) is 1. The van der Waals surface area contributed by atoms with Crippen molar-refractivity contribution in [3.05, 3.63) is 53.6 Å². The van der Waals surface area contributed by atoms with E-state index in [4.69, 9.17) is 4.74 Å². The molecule has 32 heavy (non-hydrogen) atoms. The maximum atomic E-state index is 13.3. The zero-order valence-corrected chi connectivity index (χ0v) is 19.4. The van der Waals surface area contributed by atoms with Crippen LogP contribution in [-0.4, -0.2) is 51.9 Å².